The monoisotopic (exact) mass is 717 g/mol. The molecule has 10 nitrogen and oxygen atoms in total. The van der Waals surface area contributed by atoms with E-state index in [0.717, 1.165) is 82.2 Å². The number of ether oxygens (including phenoxy) is 2. The van der Waals surface area contributed by atoms with Crippen LogP contribution in [0.1, 0.15) is 29.4 Å². The Bertz CT molecular complexity index is 1970. The van der Waals surface area contributed by atoms with Crippen molar-refractivity contribution in [3.8, 4) is 28.4 Å². The van der Waals surface area contributed by atoms with Crippen molar-refractivity contribution < 1.29 is 19.0 Å². The van der Waals surface area contributed by atoms with Gasteiger partial charge in [-0.25, -0.2) is 14.1 Å². The summed E-state index contributed by atoms with van der Waals surface area (Å²) in [6.07, 6.45) is 4.64. The Hall–Kier alpha value is -3.63. The second kappa shape index (κ2) is 14.5. The molecule has 13 heteroatoms. The van der Waals surface area contributed by atoms with E-state index in [2.05, 4.69) is 72.2 Å². The molecule has 1 N–H and O–H groups in total. The van der Waals surface area contributed by atoms with Crippen LogP contribution in [0.25, 0.3) is 33.5 Å². The number of fused-ring (bicyclic) bond motifs is 2. The van der Waals surface area contributed by atoms with Crippen LogP contribution < -0.4 is 0 Å². The Morgan fingerprint density at radius 2 is 1.66 bits per heavy atom. The van der Waals surface area contributed by atoms with Crippen molar-refractivity contribution in [2.75, 3.05) is 13.2 Å². The second-order valence-corrected chi connectivity index (χ2v) is 27.3. The molecule has 4 heterocycles. The lowest BCUT2D eigenvalue weighted by atomic mass is 9.96. The fourth-order valence-electron chi connectivity index (χ4n) is 6.40. The lowest BCUT2D eigenvalue weighted by Crippen LogP contribution is -2.22. The van der Waals surface area contributed by atoms with Crippen LogP contribution in [0.3, 0.4) is 0 Å². The number of aryl methyl sites for hydroxylation is 2. The highest BCUT2D eigenvalue weighted by molar-refractivity contribution is 6.76. The van der Waals surface area contributed by atoms with Gasteiger partial charge in [-0.05, 0) is 59.5 Å². The molecule has 0 saturated heterocycles. The molecule has 0 spiro atoms. The fourth-order valence-corrected chi connectivity index (χ4v) is 7.91. The van der Waals surface area contributed by atoms with E-state index in [4.69, 9.17) is 19.6 Å². The molecule has 0 saturated carbocycles. The number of phenolic OH excluding ortho intramolecular Hbond substituents is 1. The van der Waals surface area contributed by atoms with Gasteiger partial charge in [0.1, 0.15) is 19.2 Å². The largest absolute Gasteiger partial charge is 0.505 e. The SMILES string of the molecule is CCc1cc(O)c(F)cc1-c1ccc2c(-c3nc4c(n3COCC[Si](C)(C)C)CN(Cc3cnn(C)c3)C4)nn(COCC[Si](C)(C)C)c2c1. The number of aromatic nitrogens is 6. The van der Waals surface area contributed by atoms with Crippen LogP contribution in [0, 0.1) is 5.82 Å². The van der Waals surface area contributed by atoms with Crippen molar-refractivity contribution in [2.45, 2.75) is 97.8 Å². The number of aromatic hydroxyl groups is 1. The van der Waals surface area contributed by atoms with E-state index in [1.807, 2.05) is 35.6 Å². The summed E-state index contributed by atoms with van der Waals surface area (Å²) in [4.78, 5) is 7.63. The van der Waals surface area contributed by atoms with E-state index in [9.17, 15) is 9.50 Å². The van der Waals surface area contributed by atoms with E-state index < -0.39 is 22.0 Å². The van der Waals surface area contributed by atoms with Crippen molar-refractivity contribution in [3.63, 3.8) is 0 Å². The molecule has 1 aliphatic rings. The van der Waals surface area contributed by atoms with E-state index in [1.54, 1.807) is 0 Å². The molecule has 0 atom stereocenters. The maximum atomic E-state index is 14.7. The maximum Gasteiger partial charge on any atom is 0.165 e. The third-order valence-electron chi connectivity index (χ3n) is 9.32. The summed E-state index contributed by atoms with van der Waals surface area (Å²) >= 11 is 0. The Morgan fingerprint density at radius 1 is 0.940 bits per heavy atom. The minimum Gasteiger partial charge on any atom is -0.505 e. The van der Waals surface area contributed by atoms with Gasteiger partial charge in [0.2, 0.25) is 0 Å². The summed E-state index contributed by atoms with van der Waals surface area (Å²) in [5.41, 5.74) is 7.50. The molecular weight excluding hydrogens is 666 g/mol. The van der Waals surface area contributed by atoms with Gasteiger partial charge in [-0.1, -0.05) is 52.3 Å². The average Bonchev–Trinajstić information content (AvgIpc) is 3.80. The van der Waals surface area contributed by atoms with Crippen LogP contribution in [0.2, 0.25) is 51.4 Å². The quantitative estimate of drug-likeness (QED) is 0.0871. The van der Waals surface area contributed by atoms with Crippen LogP contribution in [0.4, 0.5) is 4.39 Å². The van der Waals surface area contributed by atoms with Gasteiger partial charge in [0.05, 0.1) is 23.1 Å². The standard InChI is InChI=1S/C37H52FN7O3Si2/c1-9-27-17-35(46)31(38)18-30(27)28-10-11-29-33(16-28)45(25-48-13-15-50(6,7)8)41-36(29)37-40-32-22-43(21-26-19-39-42(2)20-26)23-34(32)44(37)24-47-12-14-49(3,4)5/h10-11,16-20,46H,9,12-15,21-25H2,1-8H3. The number of hydrogen-bond donors (Lipinski definition) is 1. The first-order valence-electron chi connectivity index (χ1n) is 17.7. The fraction of sp³-hybridized carbons (Fsp3) is 0.486. The Morgan fingerprint density at radius 3 is 2.32 bits per heavy atom. The minimum absolute atomic E-state index is 0.293. The number of hydrogen-bond acceptors (Lipinski definition) is 7. The zero-order valence-electron chi connectivity index (χ0n) is 30.9. The molecule has 0 bridgehead atoms. The highest BCUT2D eigenvalue weighted by Crippen LogP contribution is 2.37. The van der Waals surface area contributed by atoms with Gasteiger partial charge in [-0.15, -0.1) is 0 Å². The van der Waals surface area contributed by atoms with Gasteiger partial charge >= 0.3 is 0 Å². The van der Waals surface area contributed by atoms with Crippen molar-refractivity contribution in [1.82, 2.24) is 34.0 Å². The summed E-state index contributed by atoms with van der Waals surface area (Å²) < 4.78 is 33.2. The van der Waals surface area contributed by atoms with Crippen LogP contribution >= 0.6 is 0 Å². The zero-order valence-corrected chi connectivity index (χ0v) is 32.9. The predicted octanol–water partition coefficient (Wildman–Crippen LogP) is 7.85. The van der Waals surface area contributed by atoms with Crippen LogP contribution in [-0.2, 0) is 56.0 Å². The Kier molecular flexibility index (Phi) is 10.5. The zero-order chi connectivity index (χ0) is 35.8. The van der Waals surface area contributed by atoms with Gasteiger partial charge in [0.25, 0.3) is 0 Å². The number of phenols is 1. The molecular formula is C37H52FN7O3Si2. The van der Waals surface area contributed by atoms with Crippen molar-refractivity contribution in [2.24, 2.45) is 7.05 Å². The van der Waals surface area contributed by atoms with E-state index in [-0.39, 0.29) is 5.75 Å². The van der Waals surface area contributed by atoms with Crippen molar-refractivity contribution in [1.29, 1.82) is 0 Å². The average molecular weight is 718 g/mol. The summed E-state index contributed by atoms with van der Waals surface area (Å²) in [6, 6.07) is 11.2. The predicted molar refractivity (Wildman–Crippen MR) is 202 cm³/mol. The summed E-state index contributed by atoms with van der Waals surface area (Å²) in [7, 11) is -0.607. The normalized spacial score (nSPS) is 13.9. The highest BCUT2D eigenvalue weighted by atomic mass is 28.3. The van der Waals surface area contributed by atoms with E-state index in [1.165, 1.54) is 17.7 Å². The van der Waals surface area contributed by atoms with Gasteiger partial charge in [-0.3, -0.25) is 9.58 Å². The van der Waals surface area contributed by atoms with Crippen LogP contribution in [0.5, 0.6) is 5.75 Å². The van der Waals surface area contributed by atoms with E-state index >= 15 is 0 Å². The topological polar surface area (TPSA) is 95.4 Å². The Labute approximate surface area is 296 Å². The first-order chi connectivity index (χ1) is 23.7. The molecule has 0 aliphatic carbocycles. The maximum absolute atomic E-state index is 14.7. The van der Waals surface area contributed by atoms with Crippen LogP contribution in [-0.4, -0.2) is 68.5 Å². The molecule has 0 unspecified atom stereocenters. The van der Waals surface area contributed by atoms with Crippen molar-refractivity contribution in [3.05, 3.63) is 71.1 Å². The first kappa shape index (κ1) is 36.2. The molecule has 0 amide bonds. The lowest BCUT2D eigenvalue weighted by molar-refractivity contribution is 0.0814. The molecule has 5 aromatic rings. The van der Waals surface area contributed by atoms with Gasteiger partial charge < -0.3 is 19.1 Å². The number of rotatable bonds is 15. The number of nitrogens with zero attached hydrogens (tertiary/aromatic N) is 7. The number of halogens is 1. The minimum atomic E-state index is -1.28. The molecule has 3 aromatic heterocycles. The van der Waals surface area contributed by atoms with Crippen LogP contribution in [0.15, 0.2) is 42.7 Å². The number of imidazole rings is 1. The third-order valence-corrected chi connectivity index (χ3v) is 12.7. The second-order valence-electron chi connectivity index (χ2n) is 16.0. The van der Waals surface area contributed by atoms with E-state index in [0.29, 0.717) is 33.1 Å². The Balaban J connectivity index is 1.39. The smallest absolute Gasteiger partial charge is 0.165 e. The summed E-state index contributed by atoms with van der Waals surface area (Å²) in [5.74, 6) is -0.183. The summed E-state index contributed by atoms with van der Waals surface area (Å²) in [5, 5.41) is 20.5. The molecule has 0 radical (unpaired) electrons. The van der Waals surface area contributed by atoms with Crippen molar-refractivity contribution >= 4 is 27.1 Å². The summed E-state index contributed by atoms with van der Waals surface area (Å²) in [6.45, 7) is 20.5. The van der Waals surface area contributed by atoms with Gasteiger partial charge in [0.15, 0.2) is 17.4 Å². The first-order valence-corrected chi connectivity index (χ1v) is 25.1. The van der Waals surface area contributed by atoms with Gasteiger partial charge in [0, 0.05) is 73.2 Å². The third kappa shape index (κ3) is 8.29. The molecule has 0 fully saturated rings. The molecule has 6 rings (SSSR count). The highest BCUT2D eigenvalue weighted by Gasteiger charge is 2.30. The molecule has 1 aliphatic heterocycles. The molecule has 2 aromatic carbocycles. The molecule has 268 valence electrons. The number of benzene rings is 2. The van der Waals surface area contributed by atoms with Gasteiger partial charge in [-0.2, -0.15) is 10.2 Å². The molecule has 50 heavy (non-hydrogen) atoms. The lowest BCUT2D eigenvalue weighted by Gasteiger charge is -2.18.